The minimum absolute atomic E-state index is 0.0210. The van der Waals surface area contributed by atoms with Gasteiger partial charge in [-0.3, -0.25) is 4.98 Å². The average Bonchev–Trinajstić information content (AvgIpc) is 2.47. The van der Waals surface area contributed by atoms with E-state index >= 15 is 0 Å². The van der Waals surface area contributed by atoms with Crippen LogP contribution in [0, 0.1) is 0 Å². The van der Waals surface area contributed by atoms with Gasteiger partial charge in [-0.1, -0.05) is 23.2 Å². The summed E-state index contributed by atoms with van der Waals surface area (Å²) in [5.41, 5.74) is -0.948. The van der Waals surface area contributed by atoms with E-state index in [9.17, 15) is 18.0 Å². The summed E-state index contributed by atoms with van der Waals surface area (Å²) in [5, 5.41) is 0.261. The number of pyridine rings is 1. The largest absolute Gasteiger partial charge is 0.423 e. The zero-order chi connectivity index (χ0) is 17.0. The lowest BCUT2D eigenvalue weighted by atomic mass is 10.2. The Hall–Kier alpha value is -2.05. The highest BCUT2D eigenvalue weighted by Gasteiger charge is 2.31. The molecule has 0 fully saturated rings. The van der Waals surface area contributed by atoms with Crippen LogP contribution in [0.4, 0.5) is 13.2 Å². The molecule has 0 aliphatic heterocycles. The molecular formula is C15H8Cl2F3NO2. The molecule has 23 heavy (non-hydrogen) atoms. The number of halogens is 5. The molecule has 0 saturated carbocycles. The number of rotatable bonds is 3. The Labute approximate surface area is 139 Å². The average molecular weight is 362 g/mol. The molecule has 0 bridgehead atoms. The van der Waals surface area contributed by atoms with E-state index < -0.39 is 17.7 Å². The summed E-state index contributed by atoms with van der Waals surface area (Å²) in [6, 6.07) is 6.82. The Morgan fingerprint density at radius 1 is 1.17 bits per heavy atom. The molecule has 120 valence electrons. The number of carbonyl (C=O) groups is 1. The van der Waals surface area contributed by atoms with E-state index in [2.05, 4.69) is 4.98 Å². The highest BCUT2D eigenvalue weighted by atomic mass is 35.5. The lowest BCUT2D eigenvalue weighted by molar-refractivity contribution is -0.137. The highest BCUT2D eigenvalue weighted by Crippen LogP contribution is 2.31. The van der Waals surface area contributed by atoms with Gasteiger partial charge in [-0.25, -0.2) is 4.79 Å². The number of alkyl halides is 3. The van der Waals surface area contributed by atoms with Gasteiger partial charge in [-0.05, 0) is 36.4 Å². The second-order valence-corrected chi connectivity index (χ2v) is 5.14. The minimum Gasteiger partial charge on any atom is -0.423 e. The first-order chi connectivity index (χ1) is 10.8. The van der Waals surface area contributed by atoms with E-state index in [0.29, 0.717) is 11.2 Å². The van der Waals surface area contributed by atoms with Gasteiger partial charge in [0, 0.05) is 17.3 Å². The fourth-order valence-corrected chi connectivity index (χ4v) is 1.88. The third-order valence-electron chi connectivity index (χ3n) is 2.61. The molecule has 0 atom stereocenters. The number of benzene rings is 1. The first-order valence-corrected chi connectivity index (χ1v) is 6.89. The van der Waals surface area contributed by atoms with Crippen molar-refractivity contribution in [3.8, 4) is 5.75 Å². The van der Waals surface area contributed by atoms with Crippen molar-refractivity contribution in [2.75, 3.05) is 0 Å². The number of nitrogens with zero attached hydrogens (tertiary/aromatic N) is 1. The van der Waals surface area contributed by atoms with Gasteiger partial charge in [-0.15, -0.1) is 0 Å². The Balaban J connectivity index is 2.07. The van der Waals surface area contributed by atoms with Crippen molar-refractivity contribution in [2.45, 2.75) is 6.18 Å². The summed E-state index contributed by atoms with van der Waals surface area (Å²) in [4.78, 5) is 15.2. The van der Waals surface area contributed by atoms with Crippen LogP contribution in [0.5, 0.6) is 5.75 Å². The molecule has 2 aromatic rings. The van der Waals surface area contributed by atoms with Crippen molar-refractivity contribution in [3.05, 3.63) is 63.9 Å². The number of ether oxygens (including phenoxy) is 1. The van der Waals surface area contributed by atoms with Gasteiger partial charge in [0.1, 0.15) is 5.75 Å². The van der Waals surface area contributed by atoms with Crippen LogP contribution in [-0.2, 0) is 11.0 Å². The Kier molecular flexibility index (Phi) is 5.28. The summed E-state index contributed by atoms with van der Waals surface area (Å²) in [6.45, 7) is 0. The molecule has 0 spiro atoms. The first-order valence-electron chi connectivity index (χ1n) is 6.14. The van der Waals surface area contributed by atoms with E-state index in [1.54, 1.807) is 12.1 Å². The topological polar surface area (TPSA) is 39.2 Å². The Bertz CT molecular complexity index is 743. The van der Waals surface area contributed by atoms with Gasteiger partial charge < -0.3 is 4.74 Å². The van der Waals surface area contributed by atoms with Crippen LogP contribution in [0.1, 0.15) is 11.3 Å². The summed E-state index contributed by atoms with van der Waals surface area (Å²) in [5.74, 6) is -0.458. The predicted molar refractivity (Wildman–Crippen MR) is 80.4 cm³/mol. The van der Waals surface area contributed by atoms with Crippen molar-refractivity contribution in [3.63, 3.8) is 0 Å². The summed E-state index contributed by atoms with van der Waals surface area (Å²) >= 11 is 11.4. The summed E-state index contributed by atoms with van der Waals surface area (Å²) in [7, 11) is 0. The maximum atomic E-state index is 12.5. The fourth-order valence-electron chi connectivity index (χ4n) is 1.53. The quantitative estimate of drug-likeness (QED) is 0.437. The Morgan fingerprint density at radius 2 is 1.83 bits per heavy atom. The number of hydrogen-bond acceptors (Lipinski definition) is 3. The van der Waals surface area contributed by atoms with Crippen LogP contribution in [-0.4, -0.2) is 11.0 Å². The zero-order valence-electron chi connectivity index (χ0n) is 11.3. The molecule has 8 heteroatoms. The summed E-state index contributed by atoms with van der Waals surface area (Å²) < 4.78 is 42.4. The van der Waals surface area contributed by atoms with Crippen molar-refractivity contribution in [1.82, 2.24) is 4.98 Å². The van der Waals surface area contributed by atoms with E-state index in [0.717, 1.165) is 12.1 Å². The molecule has 1 heterocycles. The molecule has 0 unspecified atom stereocenters. The molecule has 0 radical (unpaired) electrons. The second kappa shape index (κ2) is 7.02. The standard InChI is InChI=1S/C15H8Cl2F3NO2/c16-10-1-3-11(4-2-10)23-14(22)6-5-13-12(17)7-9(8-21-13)15(18,19)20/h1-8H. The van der Waals surface area contributed by atoms with Crippen molar-refractivity contribution in [2.24, 2.45) is 0 Å². The van der Waals surface area contributed by atoms with Crippen molar-refractivity contribution < 1.29 is 22.7 Å². The smallest absolute Gasteiger partial charge is 0.417 e. The van der Waals surface area contributed by atoms with E-state index in [1.165, 1.54) is 18.2 Å². The van der Waals surface area contributed by atoms with Crippen LogP contribution < -0.4 is 4.74 Å². The third kappa shape index (κ3) is 4.97. The molecule has 0 saturated heterocycles. The van der Waals surface area contributed by atoms with E-state index in [1.807, 2.05) is 0 Å². The number of esters is 1. The van der Waals surface area contributed by atoms with E-state index in [4.69, 9.17) is 27.9 Å². The molecule has 0 N–H and O–H groups in total. The SMILES string of the molecule is O=C(C=Cc1ncc(C(F)(F)F)cc1Cl)Oc1ccc(Cl)cc1. The number of carbonyl (C=O) groups excluding carboxylic acids is 1. The lowest BCUT2D eigenvalue weighted by Crippen LogP contribution is -2.06. The van der Waals surface area contributed by atoms with E-state index in [-0.39, 0.29) is 16.5 Å². The summed E-state index contributed by atoms with van der Waals surface area (Å²) in [6.07, 6.45) is -1.72. The van der Waals surface area contributed by atoms with Gasteiger partial charge in [0.25, 0.3) is 0 Å². The lowest BCUT2D eigenvalue weighted by Gasteiger charge is -2.07. The van der Waals surface area contributed by atoms with Crippen molar-refractivity contribution >= 4 is 35.2 Å². The Morgan fingerprint density at radius 3 is 2.39 bits per heavy atom. The van der Waals surface area contributed by atoms with Crippen LogP contribution in [0.2, 0.25) is 10.0 Å². The molecule has 0 amide bonds. The maximum Gasteiger partial charge on any atom is 0.417 e. The van der Waals surface area contributed by atoms with Crippen LogP contribution in [0.3, 0.4) is 0 Å². The second-order valence-electron chi connectivity index (χ2n) is 4.30. The monoisotopic (exact) mass is 361 g/mol. The van der Waals surface area contributed by atoms with Gasteiger partial charge in [0.05, 0.1) is 16.3 Å². The van der Waals surface area contributed by atoms with Crippen LogP contribution >= 0.6 is 23.2 Å². The minimum atomic E-state index is -4.54. The van der Waals surface area contributed by atoms with Gasteiger partial charge in [0.15, 0.2) is 0 Å². The number of hydrogen-bond donors (Lipinski definition) is 0. The van der Waals surface area contributed by atoms with Gasteiger partial charge >= 0.3 is 12.1 Å². The van der Waals surface area contributed by atoms with Gasteiger partial charge in [0.2, 0.25) is 0 Å². The van der Waals surface area contributed by atoms with Gasteiger partial charge in [-0.2, -0.15) is 13.2 Å². The maximum absolute atomic E-state index is 12.5. The third-order valence-corrected chi connectivity index (χ3v) is 3.16. The number of aromatic nitrogens is 1. The normalized spacial score (nSPS) is 11.7. The predicted octanol–water partition coefficient (Wildman–Crippen LogP) is 5.03. The van der Waals surface area contributed by atoms with Crippen LogP contribution in [0.25, 0.3) is 6.08 Å². The fraction of sp³-hybridized carbons (Fsp3) is 0.0667. The zero-order valence-corrected chi connectivity index (χ0v) is 12.8. The molecule has 2 rings (SSSR count). The molecule has 1 aromatic carbocycles. The molecule has 0 aliphatic rings. The molecule has 0 aliphatic carbocycles. The van der Waals surface area contributed by atoms with Crippen molar-refractivity contribution in [1.29, 1.82) is 0 Å². The molecule has 3 nitrogen and oxygen atoms in total. The molecular weight excluding hydrogens is 354 g/mol. The van der Waals surface area contributed by atoms with Crippen LogP contribution in [0.15, 0.2) is 42.6 Å². The molecule has 1 aromatic heterocycles. The highest BCUT2D eigenvalue weighted by molar-refractivity contribution is 6.32. The first kappa shape index (κ1) is 17.3.